The number of rotatable bonds is 73. The molecule has 0 aromatic rings. The number of carboxylic acids is 7. The summed E-state index contributed by atoms with van der Waals surface area (Å²) in [6, 6.07) is -10.4. The number of hydrogen-bond donors (Lipinski definition) is 16. The molecule has 0 heterocycles. The Morgan fingerprint density at radius 1 is 0.429 bits per heavy atom. The molecule has 42 nitrogen and oxygen atoms in total. The molecule has 0 spiro atoms. The average molecular weight is 1700 g/mol. The van der Waals surface area contributed by atoms with Crippen molar-refractivity contribution in [2.75, 3.05) is 59.7 Å². The minimum absolute atomic E-state index is 0.00875. The zero-order chi connectivity index (χ0) is 90.2. The van der Waals surface area contributed by atoms with Gasteiger partial charge in [-0.15, -0.1) is 0 Å². The molecule has 0 radical (unpaired) electrons. The fraction of sp³-hybridized carbons (Fsp3) is 0.688. The van der Waals surface area contributed by atoms with Gasteiger partial charge in [0.25, 0.3) is 0 Å². The number of nitrogens with zero attached hydrogens (tertiary/aromatic N) is 2. The van der Waals surface area contributed by atoms with Crippen molar-refractivity contribution in [1.29, 1.82) is 0 Å². The van der Waals surface area contributed by atoms with Crippen LogP contribution in [0.15, 0.2) is 11.9 Å². The Labute approximate surface area is 688 Å². The SMILES string of the molecule is CC(=O)[N+](C)(CC(=O)O)C(=O)NC(CC(=O)O)C(=O)CC(CC=O)C(=O)NC(CC(=O)O)C(=O)CC(CC(=O)O)C(=O)NC(CC=O)C(=O)CC(CC(=O)O)C(=O)NC(CC=O)C(=O)CCCOCCOCC(=O)NCCCCCCCCCCC(=O)NCCCCCCCCCCC(=O)NC(CCN(N)/C=C(\N)CC(C)(C)C(=O)O)C(=O)O. The van der Waals surface area contributed by atoms with Crippen molar-refractivity contribution in [3.63, 3.8) is 0 Å². The predicted molar refractivity (Wildman–Crippen MR) is 416 cm³/mol. The molecule has 9 amide bonds. The highest BCUT2D eigenvalue weighted by Gasteiger charge is 2.43. The van der Waals surface area contributed by atoms with Crippen LogP contribution in [0.2, 0.25) is 0 Å². The Morgan fingerprint density at radius 3 is 1.28 bits per heavy atom. The maximum Gasteiger partial charge on any atom is 0.424 e. The van der Waals surface area contributed by atoms with Crippen molar-refractivity contribution in [2.24, 2.45) is 34.7 Å². The summed E-state index contributed by atoms with van der Waals surface area (Å²) in [7, 11) is 0.840. The molecule has 42 heteroatoms. The molecular formula is C77H122N11O31+. The number of nitrogens with one attached hydrogen (secondary N) is 7. The maximum absolute atomic E-state index is 13.8. The van der Waals surface area contributed by atoms with Gasteiger partial charge >= 0.3 is 53.7 Å². The van der Waals surface area contributed by atoms with E-state index in [0.717, 1.165) is 110 Å². The fourth-order valence-corrected chi connectivity index (χ4v) is 12.0. The second kappa shape index (κ2) is 60.6. The number of quaternary nitrogens is 1. The van der Waals surface area contributed by atoms with Crippen LogP contribution >= 0.6 is 0 Å². The number of hydrogen-bond acceptors (Lipinski definition) is 27. The number of ether oxygens (including phenoxy) is 2. The van der Waals surface area contributed by atoms with Crippen molar-refractivity contribution in [2.45, 2.75) is 256 Å². The number of urea groups is 1. The lowest BCUT2D eigenvalue weighted by molar-refractivity contribution is -0.743. The molecule has 18 N–H and O–H groups in total. The van der Waals surface area contributed by atoms with E-state index in [-0.39, 0.29) is 107 Å². The topological polar surface area (TPSA) is 675 Å². The van der Waals surface area contributed by atoms with Crippen LogP contribution in [0.25, 0.3) is 0 Å². The molecule has 0 saturated carbocycles. The van der Waals surface area contributed by atoms with Gasteiger partial charge in [-0.3, -0.25) is 77.2 Å². The molecular weight excluding hydrogens is 1570 g/mol. The van der Waals surface area contributed by atoms with Gasteiger partial charge in [0, 0.05) is 102 Å². The van der Waals surface area contributed by atoms with Gasteiger partial charge in [-0.2, -0.15) is 4.48 Å². The Bertz CT molecular complexity index is 3460. The molecule has 0 saturated heterocycles. The largest absolute Gasteiger partial charge is 0.481 e. The van der Waals surface area contributed by atoms with E-state index in [9.17, 15) is 141 Å². The molecule has 9 atom stereocenters. The molecule has 0 aromatic carbocycles. The summed E-state index contributed by atoms with van der Waals surface area (Å²) in [5, 5.41) is 84.4. The number of aliphatic carboxylic acids is 7. The van der Waals surface area contributed by atoms with Crippen LogP contribution in [-0.2, 0) is 110 Å². The van der Waals surface area contributed by atoms with Gasteiger partial charge in [0.1, 0.15) is 37.5 Å². The number of carbonyl (C=O) groups is 22. The number of unbranched alkanes of at least 4 members (excludes halogenated alkanes) is 14. The lowest BCUT2D eigenvalue weighted by Crippen LogP contribution is -2.62. The first kappa shape index (κ1) is 108. The number of likely N-dealkylation sites (N-methyl/N-ethyl adjacent to an activating group) is 1. The van der Waals surface area contributed by atoms with Crippen molar-refractivity contribution in [1.82, 2.24) is 42.2 Å². The lowest BCUT2D eigenvalue weighted by Gasteiger charge is -2.28. The molecule has 670 valence electrons. The standard InChI is InChI=1S/C77H121N11O31/c1-49(92)88(4,47-70(108)109)76(117)86-58(44-69(106)107)61(95)38-50(26-32-89)71(110)85-57(43-68(104)105)62(96)40-52(42-67(102)103)73(112)84-55(28-34-91)60(94)39-51(41-66(100)101)72(111)83-54(27-33-90)59(93)22-21-35-118-36-37-119-48-65(99)81-30-20-16-12-7-5-9-13-17-23-63(97)80-29-19-15-11-8-6-10-14-18-24-64(98)82-56(74(113)114)25-31-87(79)46-53(78)45-77(2,3)75(115)116/h32-34,46,50-52,54-58H,5-31,35-45,47-48,78-79H2,1-4H3,(H13-,80,81,82,83,84,85,86,97,98,99,100,101,102,103,104,105,106,107,108,109,110,111,112,113,114,115,116,117)/p+1/b53-46-. The van der Waals surface area contributed by atoms with E-state index in [1.165, 1.54) is 25.1 Å². The third-order valence-corrected chi connectivity index (χ3v) is 19.0. The highest BCUT2D eigenvalue weighted by molar-refractivity contribution is 6.01. The van der Waals surface area contributed by atoms with Crippen LogP contribution in [-0.4, -0.2) is 266 Å². The summed E-state index contributed by atoms with van der Waals surface area (Å²) in [5.74, 6) is -21.0. The third-order valence-electron chi connectivity index (χ3n) is 19.0. The number of allylic oxidation sites excluding steroid dienone is 1. The molecule has 0 aliphatic rings. The molecule has 0 aliphatic heterocycles. The van der Waals surface area contributed by atoms with Crippen LogP contribution in [0.1, 0.15) is 226 Å². The van der Waals surface area contributed by atoms with Gasteiger partial charge in [0.05, 0.1) is 94.2 Å². The molecule has 0 aliphatic carbocycles. The first-order valence-corrected chi connectivity index (χ1v) is 39.6. The zero-order valence-corrected chi connectivity index (χ0v) is 68.2. The normalized spacial score (nSPS) is 13.8. The minimum atomic E-state index is -2.18. The minimum Gasteiger partial charge on any atom is -0.481 e. The summed E-state index contributed by atoms with van der Waals surface area (Å²) >= 11 is 0. The van der Waals surface area contributed by atoms with Crippen LogP contribution in [0.3, 0.4) is 0 Å². The molecule has 0 bridgehead atoms. The van der Waals surface area contributed by atoms with Crippen molar-refractivity contribution < 1.29 is 155 Å². The number of imide groups is 1. The maximum atomic E-state index is 13.8. The van der Waals surface area contributed by atoms with Crippen LogP contribution in [0.4, 0.5) is 4.79 Å². The number of aldehydes is 3. The highest BCUT2D eigenvalue weighted by Crippen LogP contribution is 2.24. The second-order valence-electron chi connectivity index (χ2n) is 29.8. The number of amides is 9. The van der Waals surface area contributed by atoms with Crippen LogP contribution < -0.4 is 48.8 Å². The molecule has 0 aromatic heterocycles. The Kier molecular flexibility index (Phi) is 55.0. The van der Waals surface area contributed by atoms with Gasteiger partial charge in [0.15, 0.2) is 29.7 Å². The number of ketones is 4. The molecule has 119 heavy (non-hydrogen) atoms. The van der Waals surface area contributed by atoms with Gasteiger partial charge in [-0.25, -0.2) is 25.0 Å². The summed E-state index contributed by atoms with van der Waals surface area (Å²) in [5.41, 5.74) is 5.03. The fourth-order valence-electron chi connectivity index (χ4n) is 12.0. The van der Waals surface area contributed by atoms with Gasteiger partial charge in [-0.05, 0) is 52.4 Å². The van der Waals surface area contributed by atoms with E-state index >= 15 is 0 Å². The van der Waals surface area contributed by atoms with Gasteiger partial charge < -0.3 is 102 Å². The Balaban J connectivity index is 4.93. The predicted octanol–water partition coefficient (Wildman–Crippen LogP) is 1.06. The third kappa shape index (κ3) is 49.8. The van der Waals surface area contributed by atoms with Crippen molar-refractivity contribution >= 4 is 131 Å². The van der Waals surface area contributed by atoms with E-state index < -0.39 is 223 Å². The number of Topliss-reactive ketones (excluding diaryl/α,β-unsaturated/α-hetero) is 4. The van der Waals surface area contributed by atoms with Gasteiger partial charge in [0.2, 0.25) is 35.4 Å². The number of hydrazine groups is 1. The second-order valence-corrected chi connectivity index (χ2v) is 29.8. The van der Waals surface area contributed by atoms with E-state index in [1.54, 1.807) is 0 Å². The Morgan fingerprint density at radius 2 is 0.832 bits per heavy atom. The lowest BCUT2D eigenvalue weighted by atomic mass is 9.88. The van der Waals surface area contributed by atoms with E-state index in [2.05, 4.69) is 26.6 Å². The summed E-state index contributed by atoms with van der Waals surface area (Å²) in [6.45, 7) is 3.60. The summed E-state index contributed by atoms with van der Waals surface area (Å²) < 4.78 is 9.33. The van der Waals surface area contributed by atoms with E-state index in [0.29, 0.717) is 25.9 Å². The summed E-state index contributed by atoms with van der Waals surface area (Å²) in [4.78, 5) is 275. The van der Waals surface area contributed by atoms with Crippen LogP contribution in [0.5, 0.6) is 0 Å². The zero-order valence-electron chi connectivity index (χ0n) is 68.2. The highest BCUT2D eigenvalue weighted by atomic mass is 16.5. The van der Waals surface area contributed by atoms with Crippen LogP contribution in [0, 0.1) is 23.2 Å². The van der Waals surface area contributed by atoms with Crippen molar-refractivity contribution in [3.05, 3.63) is 11.9 Å². The quantitative estimate of drug-likeness (QED) is 0.0133. The van der Waals surface area contributed by atoms with Crippen molar-refractivity contribution in [3.8, 4) is 0 Å². The first-order valence-electron chi connectivity index (χ1n) is 39.6. The smallest absolute Gasteiger partial charge is 0.424 e. The van der Waals surface area contributed by atoms with E-state index in [4.69, 9.17) is 21.1 Å². The monoisotopic (exact) mass is 1700 g/mol. The molecule has 9 unspecified atom stereocenters. The number of carbonyl (C=O) groups excluding carboxylic acids is 15. The van der Waals surface area contributed by atoms with Gasteiger partial charge in [-0.1, -0.05) is 77.0 Å². The average Bonchev–Trinajstić information content (AvgIpc) is 0.828. The molecule has 0 rings (SSSR count). The first-order chi connectivity index (χ1) is 56.0. The Hall–Kier alpha value is -10.9. The summed E-state index contributed by atoms with van der Waals surface area (Å²) in [6.07, 6.45) is 6.42. The molecule has 0 fully saturated rings. The van der Waals surface area contributed by atoms with E-state index in [1.807, 2.05) is 10.6 Å². The number of carboxylic acid groups (broad SMARTS) is 7. The number of nitrogens with two attached hydrogens (primary N) is 2.